The van der Waals surface area contributed by atoms with E-state index >= 15 is 0 Å². The van der Waals surface area contributed by atoms with Crippen LogP contribution in [0.4, 0.5) is 5.69 Å². The number of hydrogen-bond acceptors (Lipinski definition) is 6. The van der Waals surface area contributed by atoms with Gasteiger partial charge in [0.2, 0.25) is 5.54 Å². The number of benzene rings is 2. The third kappa shape index (κ3) is 3.04. The highest BCUT2D eigenvalue weighted by molar-refractivity contribution is 6.11. The van der Waals surface area contributed by atoms with Crippen LogP contribution < -0.4 is 10.4 Å². The van der Waals surface area contributed by atoms with E-state index in [0.29, 0.717) is 11.3 Å². The van der Waals surface area contributed by atoms with Crippen molar-refractivity contribution in [3.63, 3.8) is 0 Å². The minimum Gasteiger partial charge on any atom is -0.480 e. The zero-order valence-electron chi connectivity index (χ0n) is 14.1. The second-order valence-electron chi connectivity index (χ2n) is 5.98. The second kappa shape index (κ2) is 6.97. The molecule has 1 unspecified atom stereocenters. The van der Waals surface area contributed by atoms with E-state index in [2.05, 4.69) is 5.43 Å². The lowest BCUT2D eigenvalue weighted by Gasteiger charge is -2.27. The largest absolute Gasteiger partial charge is 0.480 e. The standard InChI is InChI=1S/C19H18N2O5/c1-13(22)19(18(25)26-12-14-7-3-2-4-8-14)15-9-5-6-10-16(15)21(20-19)11-17(23)24/h2-10,20H,11-12H2,1H3,(H,23,24). The fraction of sp³-hybridized carbons (Fsp3) is 0.211. The van der Waals surface area contributed by atoms with Crippen LogP contribution in [0.2, 0.25) is 0 Å². The second-order valence-corrected chi connectivity index (χ2v) is 5.98. The smallest absolute Gasteiger partial charge is 0.340 e. The zero-order valence-corrected chi connectivity index (χ0v) is 14.1. The number of nitrogens with one attached hydrogen (secondary N) is 1. The summed E-state index contributed by atoms with van der Waals surface area (Å²) in [5, 5.41) is 10.4. The number of fused-ring (bicyclic) bond motifs is 1. The normalized spacial score (nSPS) is 18.3. The van der Waals surface area contributed by atoms with E-state index in [1.165, 1.54) is 11.9 Å². The molecule has 0 saturated carbocycles. The number of carbonyl (C=O) groups is 3. The number of para-hydroxylation sites is 1. The number of hydrogen-bond donors (Lipinski definition) is 2. The molecule has 0 radical (unpaired) electrons. The highest BCUT2D eigenvalue weighted by Crippen LogP contribution is 2.38. The molecule has 1 heterocycles. The van der Waals surface area contributed by atoms with E-state index in [0.717, 1.165) is 5.56 Å². The molecule has 1 aliphatic rings. The molecule has 0 fully saturated rings. The van der Waals surface area contributed by atoms with Crippen LogP contribution in [-0.4, -0.2) is 29.4 Å². The Balaban J connectivity index is 1.93. The number of carboxylic acids is 1. The van der Waals surface area contributed by atoms with Gasteiger partial charge in [0.05, 0.1) is 5.69 Å². The van der Waals surface area contributed by atoms with Gasteiger partial charge in [0.1, 0.15) is 13.2 Å². The summed E-state index contributed by atoms with van der Waals surface area (Å²) in [6.45, 7) is 0.882. The summed E-state index contributed by atoms with van der Waals surface area (Å²) in [6.07, 6.45) is 0. The van der Waals surface area contributed by atoms with E-state index in [9.17, 15) is 14.4 Å². The summed E-state index contributed by atoms with van der Waals surface area (Å²) in [5.41, 5.74) is 2.63. The predicted octanol–water partition coefficient (Wildman–Crippen LogP) is 1.62. The minimum absolute atomic E-state index is 0.0114. The molecule has 7 heteroatoms. The molecule has 0 saturated heterocycles. The summed E-state index contributed by atoms with van der Waals surface area (Å²) in [5.74, 6) is -2.34. The van der Waals surface area contributed by atoms with Crippen molar-refractivity contribution in [3.05, 3.63) is 65.7 Å². The van der Waals surface area contributed by atoms with Crippen LogP contribution in [0.5, 0.6) is 0 Å². The number of Topliss-reactive ketones (excluding diaryl/α,β-unsaturated/α-hetero) is 1. The Morgan fingerprint density at radius 1 is 1.08 bits per heavy atom. The first kappa shape index (κ1) is 17.6. The molecule has 134 valence electrons. The van der Waals surface area contributed by atoms with Gasteiger partial charge in [0, 0.05) is 5.56 Å². The fourth-order valence-corrected chi connectivity index (χ4v) is 3.01. The summed E-state index contributed by atoms with van der Waals surface area (Å²) in [7, 11) is 0. The van der Waals surface area contributed by atoms with Gasteiger partial charge in [-0.2, -0.15) is 0 Å². The van der Waals surface area contributed by atoms with Crippen LogP contribution in [-0.2, 0) is 31.3 Å². The maximum atomic E-state index is 12.9. The van der Waals surface area contributed by atoms with E-state index < -0.39 is 29.8 Å². The molecule has 1 aliphatic heterocycles. The molecule has 0 aromatic heterocycles. The maximum absolute atomic E-state index is 12.9. The van der Waals surface area contributed by atoms with Gasteiger partial charge in [-0.05, 0) is 18.6 Å². The molecule has 2 aromatic carbocycles. The molecule has 0 aliphatic carbocycles. The molecule has 3 rings (SSSR count). The Labute approximate surface area is 150 Å². The molecule has 2 aromatic rings. The molecule has 0 amide bonds. The first-order valence-corrected chi connectivity index (χ1v) is 8.04. The van der Waals surface area contributed by atoms with E-state index in [-0.39, 0.29) is 6.61 Å². The van der Waals surface area contributed by atoms with Crippen molar-refractivity contribution >= 4 is 23.4 Å². The first-order chi connectivity index (χ1) is 12.4. The number of esters is 1. The Morgan fingerprint density at radius 3 is 2.38 bits per heavy atom. The number of nitrogens with zero attached hydrogens (tertiary/aromatic N) is 1. The highest BCUT2D eigenvalue weighted by Gasteiger charge is 2.54. The maximum Gasteiger partial charge on any atom is 0.340 e. The lowest BCUT2D eigenvalue weighted by Crippen LogP contribution is -2.57. The van der Waals surface area contributed by atoms with Crippen molar-refractivity contribution in [1.82, 2.24) is 5.43 Å². The van der Waals surface area contributed by atoms with Gasteiger partial charge in [-0.25, -0.2) is 10.2 Å². The van der Waals surface area contributed by atoms with Crippen molar-refractivity contribution in [3.8, 4) is 0 Å². The van der Waals surface area contributed by atoms with Gasteiger partial charge in [-0.3, -0.25) is 14.6 Å². The SMILES string of the molecule is CC(=O)C1(C(=O)OCc2ccccc2)NN(CC(=O)O)c2ccccc21. The predicted molar refractivity (Wildman–Crippen MR) is 93.2 cm³/mol. The van der Waals surface area contributed by atoms with Crippen molar-refractivity contribution in [2.75, 3.05) is 11.6 Å². The van der Waals surface area contributed by atoms with Crippen molar-refractivity contribution < 1.29 is 24.2 Å². The summed E-state index contributed by atoms with van der Waals surface area (Å²) >= 11 is 0. The summed E-state index contributed by atoms with van der Waals surface area (Å²) < 4.78 is 5.39. The number of ether oxygens (including phenoxy) is 1. The van der Waals surface area contributed by atoms with Gasteiger partial charge >= 0.3 is 11.9 Å². The molecule has 1 atom stereocenters. The van der Waals surface area contributed by atoms with Crippen LogP contribution in [0.15, 0.2) is 54.6 Å². The average Bonchev–Trinajstić information content (AvgIpc) is 2.96. The Bertz CT molecular complexity index is 852. The molecule has 26 heavy (non-hydrogen) atoms. The third-order valence-corrected chi connectivity index (χ3v) is 4.24. The van der Waals surface area contributed by atoms with Crippen LogP contribution in [0.25, 0.3) is 0 Å². The summed E-state index contributed by atoms with van der Waals surface area (Å²) in [6, 6.07) is 15.8. The van der Waals surface area contributed by atoms with Gasteiger partial charge < -0.3 is 9.84 Å². The van der Waals surface area contributed by atoms with Gasteiger partial charge in [-0.1, -0.05) is 48.5 Å². The molecule has 7 nitrogen and oxygen atoms in total. The monoisotopic (exact) mass is 354 g/mol. The molecule has 0 bridgehead atoms. The lowest BCUT2D eigenvalue weighted by molar-refractivity contribution is -0.157. The van der Waals surface area contributed by atoms with E-state index in [1.54, 1.807) is 36.4 Å². The van der Waals surface area contributed by atoms with E-state index in [1.807, 2.05) is 18.2 Å². The number of rotatable bonds is 6. The Kier molecular flexibility index (Phi) is 4.73. The van der Waals surface area contributed by atoms with Gasteiger partial charge in [-0.15, -0.1) is 0 Å². The summed E-state index contributed by atoms with van der Waals surface area (Å²) in [4.78, 5) is 36.5. The van der Waals surface area contributed by atoms with Crippen molar-refractivity contribution in [1.29, 1.82) is 0 Å². The van der Waals surface area contributed by atoms with Crippen molar-refractivity contribution in [2.45, 2.75) is 19.1 Å². The fourth-order valence-electron chi connectivity index (χ4n) is 3.01. The number of ketones is 1. The average molecular weight is 354 g/mol. The van der Waals surface area contributed by atoms with Crippen LogP contribution >= 0.6 is 0 Å². The quantitative estimate of drug-likeness (QED) is 0.601. The minimum atomic E-state index is -1.76. The molecule has 2 N–H and O–H groups in total. The molecule has 0 spiro atoms. The third-order valence-electron chi connectivity index (χ3n) is 4.24. The van der Waals surface area contributed by atoms with Gasteiger partial charge in [0.15, 0.2) is 5.78 Å². The first-order valence-electron chi connectivity index (χ1n) is 8.04. The number of anilines is 1. The topological polar surface area (TPSA) is 95.9 Å². The Hall–Kier alpha value is -3.19. The Morgan fingerprint density at radius 2 is 1.73 bits per heavy atom. The number of aliphatic carboxylic acids is 1. The van der Waals surface area contributed by atoms with Gasteiger partial charge in [0.25, 0.3) is 0 Å². The molecular formula is C19H18N2O5. The number of carbonyl (C=O) groups excluding carboxylic acids is 2. The zero-order chi connectivity index (χ0) is 18.7. The number of hydrazine groups is 1. The van der Waals surface area contributed by atoms with Crippen LogP contribution in [0.1, 0.15) is 18.1 Å². The highest BCUT2D eigenvalue weighted by atomic mass is 16.5. The lowest BCUT2D eigenvalue weighted by atomic mass is 9.87. The number of carboxylic acid groups (broad SMARTS) is 1. The van der Waals surface area contributed by atoms with Crippen molar-refractivity contribution in [2.24, 2.45) is 0 Å². The molecular weight excluding hydrogens is 336 g/mol. The van der Waals surface area contributed by atoms with Crippen LogP contribution in [0, 0.1) is 0 Å². The van der Waals surface area contributed by atoms with E-state index in [4.69, 9.17) is 9.84 Å². The van der Waals surface area contributed by atoms with Crippen LogP contribution in [0.3, 0.4) is 0 Å².